The van der Waals surface area contributed by atoms with Crippen molar-refractivity contribution in [2.45, 2.75) is 6.92 Å². The summed E-state index contributed by atoms with van der Waals surface area (Å²) in [5.41, 5.74) is 3.85. The third kappa shape index (κ3) is 3.54. The van der Waals surface area contributed by atoms with Crippen molar-refractivity contribution in [1.29, 1.82) is 0 Å². The molecule has 0 aliphatic carbocycles. The maximum absolute atomic E-state index is 12.4. The van der Waals surface area contributed by atoms with Crippen molar-refractivity contribution in [3.8, 4) is 17.1 Å². The number of rotatable bonds is 3. The molecule has 5 nitrogen and oxygen atoms in total. The molecule has 0 saturated carbocycles. The van der Waals surface area contributed by atoms with Crippen LogP contribution in [-0.4, -0.2) is 21.0 Å². The number of H-pyrrole nitrogens is 1. The molecule has 3 aromatic carbocycles. The molecular weight excluding hydrogens is 397 g/mol. The standard InChI is InChI=1S/C21H15Cl2N3O2/c1-11-2-3-13(8-15(11)23)21(28)26-17-6-4-12(9-19(17)27)20-24-16-7-5-14(22)10-18(16)25-20/h2-10,27H,1H3,(H,24,25)(H,26,28). The van der Waals surface area contributed by atoms with Crippen LogP contribution in [0.25, 0.3) is 22.4 Å². The Hall–Kier alpha value is -3.02. The summed E-state index contributed by atoms with van der Waals surface area (Å²) >= 11 is 12.1. The number of aryl methyl sites for hydroxylation is 1. The van der Waals surface area contributed by atoms with Crippen LogP contribution in [0, 0.1) is 6.92 Å². The zero-order chi connectivity index (χ0) is 19.8. The van der Waals surface area contributed by atoms with Crippen molar-refractivity contribution in [2.75, 3.05) is 5.32 Å². The van der Waals surface area contributed by atoms with Gasteiger partial charge in [0.05, 0.1) is 16.7 Å². The molecule has 0 radical (unpaired) electrons. The van der Waals surface area contributed by atoms with E-state index in [1.165, 1.54) is 6.07 Å². The lowest BCUT2D eigenvalue weighted by molar-refractivity contribution is 0.102. The average Bonchev–Trinajstić information content (AvgIpc) is 3.08. The van der Waals surface area contributed by atoms with Gasteiger partial charge in [-0.15, -0.1) is 0 Å². The summed E-state index contributed by atoms with van der Waals surface area (Å²) in [5.74, 6) is 0.168. The number of phenolic OH excluding ortho intramolecular Hbond substituents is 1. The third-order valence-electron chi connectivity index (χ3n) is 4.40. The van der Waals surface area contributed by atoms with Crippen LogP contribution in [0.4, 0.5) is 5.69 Å². The van der Waals surface area contributed by atoms with E-state index in [1.54, 1.807) is 42.5 Å². The Bertz CT molecular complexity index is 1220. The number of aromatic amines is 1. The van der Waals surface area contributed by atoms with Crippen molar-refractivity contribution < 1.29 is 9.90 Å². The van der Waals surface area contributed by atoms with Crippen LogP contribution in [0.15, 0.2) is 54.6 Å². The van der Waals surface area contributed by atoms with E-state index in [9.17, 15) is 9.90 Å². The lowest BCUT2D eigenvalue weighted by Crippen LogP contribution is -2.12. The number of phenols is 1. The van der Waals surface area contributed by atoms with Crippen LogP contribution in [0.5, 0.6) is 5.75 Å². The van der Waals surface area contributed by atoms with Gasteiger partial charge in [-0.1, -0.05) is 29.3 Å². The van der Waals surface area contributed by atoms with Gasteiger partial charge in [-0.3, -0.25) is 4.79 Å². The van der Waals surface area contributed by atoms with Crippen molar-refractivity contribution >= 4 is 45.8 Å². The smallest absolute Gasteiger partial charge is 0.255 e. The highest BCUT2D eigenvalue weighted by molar-refractivity contribution is 6.32. The molecule has 0 unspecified atom stereocenters. The van der Waals surface area contributed by atoms with E-state index in [2.05, 4.69) is 15.3 Å². The van der Waals surface area contributed by atoms with E-state index in [-0.39, 0.29) is 11.7 Å². The Morgan fingerprint density at radius 3 is 2.64 bits per heavy atom. The molecule has 7 heteroatoms. The molecule has 0 aliphatic heterocycles. The number of anilines is 1. The van der Waals surface area contributed by atoms with Crippen molar-refractivity contribution in [1.82, 2.24) is 9.97 Å². The Morgan fingerprint density at radius 2 is 1.89 bits per heavy atom. The molecule has 0 aliphatic rings. The van der Waals surface area contributed by atoms with E-state index in [1.807, 2.05) is 13.0 Å². The van der Waals surface area contributed by atoms with Gasteiger partial charge in [-0.2, -0.15) is 0 Å². The number of imidazole rings is 1. The van der Waals surface area contributed by atoms with E-state index >= 15 is 0 Å². The molecule has 28 heavy (non-hydrogen) atoms. The van der Waals surface area contributed by atoms with Crippen molar-refractivity contribution in [3.63, 3.8) is 0 Å². The lowest BCUT2D eigenvalue weighted by Gasteiger charge is -2.09. The normalized spacial score (nSPS) is 11.0. The van der Waals surface area contributed by atoms with Gasteiger partial charge in [-0.25, -0.2) is 4.98 Å². The summed E-state index contributed by atoms with van der Waals surface area (Å²) in [4.78, 5) is 20.1. The Morgan fingerprint density at radius 1 is 1.07 bits per heavy atom. The molecule has 140 valence electrons. The largest absolute Gasteiger partial charge is 0.506 e. The van der Waals surface area contributed by atoms with Gasteiger partial charge in [0, 0.05) is 21.2 Å². The van der Waals surface area contributed by atoms with Gasteiger partial charge in [0.15, 0.2) is 0 Å². The van der Waals surface area contributed by atoms with Gasteiger partial charge in [-0.05, 0) is 61.0 Å². The second-order valence-corrected chi connectivity index (χ2v) is 7.24. The highest BCUT2D eigenvalue weighted by Crippen LogP contribution is 2.30. The molecule has 0 bridgehead atoms. The minimum Gasteiger partial charge on any atom is -0.506 e. The number of halogens is 2. The third-order valence-corrected chi connectivity index (χ3v) is 5.04. The Kier molecular flexibility index (Phi) is 4.71. The number of aromatic hydroxyl groups is 1. The van der Waals surface area contributed by atoms with Crippen LogP contribution in [-0.2, 0) is 0 Å². The maximum atomic E-state index is 12.4. The first-order chi connectivity index (χ1) is 13.4. The quantitative estimate of drug-likeness (QED) is 0.372. The van der Waals surface area contributed by atoms with E-state index in [0.29, 0.717) is 32.7 Å². The molecule has 1 aromatic heterocycles. The first-order valence-corrected chi connectivity index (χ1v) is 9.22. The first-order valence-electron chi connectivity index (χ1n) is 8.47. The molecule has 0 spiro atoms. The fourth-order valence-corrected chi connectivity index (χ4v) is 3.18. The highest BCUT2D eigenvalue weighted by Gasteiger charge is 2.13. The SMILES string of the molecule is Cc1ccc(C(=O)Nc2ccc(-c3nc4ccc(Cl)cc4[nH]3)cc2O)cc1Cl. The van der Waals surface area contributed by atoms with Gasteiger partial charge < -0.3 is 15.4 Å². The Labute approximate surface area is 170 Å². The predicted octanol–water partition coefficient (Wildman–Crippen LogP) is 5.80. The van der Waals surface area contributed by atoms with Crippen LogP contribution in [0.2, 0.25) is 10.0 Å². The molecular formula is C21H15Cl2N3O2. The minimum absolute atomic E-state index is 0.0671. The number of hydrogen-bond acceptors (Lipinski definition) is 3. The van der Waals surface area contributed by atoms with Gasteiger partial charge in [0.25, 0.3) is 5.91 Å². The number of aromatic nitrogens is 2. The molecule has 4 aromatic rings. The van der Waals surface area contributed by atoms with Crippen molar-refractivity contribution in [2.24, 2.45) is 0 Å². The molecule has 0 fully saturated rings. The van der Waals surface area contributed by atoms with Crippen LogP contribution < -0.4 is 5.32 Å². The minimum atomic E-state index is -0.358. The summed E-state index contributed by atoms with van der Waals surface area (Å²) in [5, 5.41) is 14.2. The zero-order valence-corrected chi connectivity index (χ0v) is 16.3. The summed E-state index contributed by atoms with van der Waals surface area (Å²) in [6, 6.07) is 15.3. The molecule has 1 heterocycles. The number of benzene rings is 3. The van der Waals surface area contributed by atoms with Gasteiger partial charge in [0.2, 0.25) is 0 Å². The topological polar surface area (TPSA) is 78.0 Å². The second-order valence-electron chi connectivity index (χ2n) is 6.40. The van der Waals surface area contributed by atoms with Crippen LogP contribution >= 0.6 is 23.2 Å². The number of carbonyl (C=O) groups is 1. The van der Waals surface area contributed by atoms with E-state index in [4.69, 9.17) is 23.2 Å². The number of amides is 1. The van der Waals surface area contributed by atoms with Crippen LogP contribution in [0.1, 0.15) is 15.9 Å². The number of nitrogens with one attached hydrogen (secondary N) is 2. The molecule has 0 saturated heterocycles. The molecule has 1 amide bonds. The van der Waals surface area contributed by atoms with E-state index in [0.717, 1.165) is 16.6 Å². The second kappa shape index (κ2) is 7.19. The summed E-state index contributed by atoms with van der Waals surface area (Å²) < 4.78 is 0. The fraction of sp³-hybridized carbons (Fsp3) is 0.0476. The Balaban J connectivity index is 1.60. The maximum Gasteiger partial charge on any atom is 0.255 e. The molecule has 4 rings (SSSR count). The molecule has 3 N–H and O–H groups in total. The summed E-state index contributed by atoms with van der Waals surface area (Å²) in [7, 11) is 0. The fourth-order valence-electron chi connectivity index (χ4n) is 2.83. The van der Waals surface area contributed by atoms with Gasteiger partial charge in [0.1, 0.15) is 11.6 Å². The van der Waals surface area contributed by atoms with E-state index < -0.39 is 0 Å². The number of hydrogen-bond donors (Lipinski definition) is 3. The lowest BCUT2D eigenvalue weighted by atomic mass is 10.1. The van der Waals surface area contributed by atoms with Gasteiger partial charge >= 0.3 is 0 Å². The zero-order valence-electron chi connectivity index (χ0n) is 14.8. The van der Waals surface area contributed by atoms with Crippen LogP contribution in [0.3, 0.4) is 0 Å². The van der Waals surface area contributed by atoms with Crippen molar-refractivity contribution in [3.05, 3.63) is 75.8 Å². The number of carbonyl (C=O) groups excluding carboxylic acids is 1. The summed E-state index contributed by atoms with van der Waals surface area (Å²) in [6.07, 6.45) is 0. The number of nitrogens with zero attached hydrogens (tertiary/aromatic N) is 1. The first kappa shape index (κ1) is 18.3. The monoisotopic (exact) mass is 411 g/mol. The predicted molar refractivity (Wildman–Crippen MR) is 112 cm³/mol. The average molecular weight is 412 g/mol. The molecule has 0 atom stereocenters. The number of fused-ring (bicyclic) bond motifs is 1. The highest BCUT2D eigenvalue weighted by atomic mass is 35.5. The summed E-state index contributed by atoms with van der Waals surface area (Å²) in [6.45, 7) is 1.86.